The van der Waals surface area contributed by atoms with E-state index >= 15 is 0 Å². The molecule has 26 heavy (non-hydrogen) atoms. The Hall–Kier alpha value is -1.89. The summed E-state index contributed by atoms with van der Waals surface area (Å²) in [4.78, 5) is 14.4. The molecule has 7 heteroatoms. The number of halogens is 1. The number of aryl methyl sites for hydroxylation is 1. The molecule has 1 N–H and O–H groups in total. The number of nitrogens with zero attached hydrogens (tertiary/aromatic N) is 1. The van der Waals surface area contributed by atoms with Crippen LogP contribution in [-0.2, 0) is 27.8 Å². The second-order valence-corrected chi connectivity index (χ2v) is 8.93. The van der Waals surface area contributed by atoms with Crippen molar-refractivity contribution in [1.29, 1.82) is 0 Å². The quantitative estimate of drug-likeness (QED) is 0.871. The number of hydrogen-bond acceptors (Lipinski definition) is 3. The van der Waals surface area contributed by atoms with Gasteiger partial charge in [-0.05, 0) is 54.7 Å². The van der Waals surface area contributed by atoms with Crippen LogP contribution in [0.5, 0.6) is 0 Å². The average Bonchev–Trinajstić information content (AvgIpc) is 2.88. The zero-order valence-corrected chi connectivity index (χ0v) is 15.9. The minimum atomic E-state index is -3.70. The van der Waals surface area contributed by atoms with Gasteiger partial charge in [-0.3, -0.25) is 4.79 Å². The topological polar surface area (TPSA) is 66.5 Å². The maximum absolute atomic E-state index is 12.8. The third-order valence-electron chi connectivity index (χ3n) is 5.11. The van der Waals surface area contributed by atoms with Gasteiger partial charge in [0.25, 0.3) is 0 Å². The summed E-state index contributed by atoms with van der Waals surface area (Å²) in [6.07, 6.45) is 1.63. The largest absolute Gasteiger partial charge is 0.311 e. The summed E-state index contributed by atoms with van der Waals surface area (Å²) in [5.74, 6) is -0.250. The highest BCUT2D eigenvalue weighted by Gasteiger charge is 2.38. The van der Waals surface area contributed by atoms with Gasteiger partial charge in [-0.15, -0.1) is 0 Å². The lowest BCUT2D eigenvalue weighted by Gasteiger charge is -2.26. The molecular weight excluding hydrogens is 372 g/mol. The van der Waals surface area contributed by atoms with E-state index in [0.717, 1.165) is 35.2 Å². The van der Waals surface area contributed by atoms with Gasteiger partial charge in [0.2, 0.25) is 15.9 Å². The predicted molar refractivity (Wildman–Crippen MR) is 101 cm³/mol. The number of benzene rings is 2. The lowest BCUT2D eigenvalue weighted by atomic mass is 9.97. The summed E-state index contributed by atoms with van der Waals surface area (Å²) in [6.45, 7) is 2.67. The monoisotopic (exact) mass is 390 g/mol. The van der Waals surface area contributed by atoms with E-state index in [2.05, 4.69) is 4.72 Å². The number of hydrogen-bond donors (Lipinski definition) is 1. The van der Waals surface area contributed by atoms with Gasteiger partial charge in [0.1, 0.15) is 0 Å². The fourth-order valence-electron chi connectivity index (χ4n) is 3.72. The summed E-state index contributed by atoms with van der Waals surface area (Å²) < 4.78 is 28.3. The van der Waals surface area contributed by atoms with Crippen LogP contribution in [0, 0.1) is 0 Å². The van der Waals surface area contributed by atoms with Crippen molar-refractivity contribution in [2.45, 2.75) is 37.1 Å². The first-order valence-corrected chi connectivity index (χ1v) is 10.5. The number of anilines is 1. The fraction of sp³-hybridized carbons (Fsp3) is 0.316. The maximum atomic E-state index is 12.8. The summed E-state index contributed by atoms with van der Waals surface area (Å²) >= 11 is 6.10. The second kappa shape index (κ2) is 6.37. The highest BCUT2D eigenvalue weighted by atomic mass is 35.5. The molecule has 4 rings (SSSR count). The Morgan fingerprint density at radius 2 is 2.04 bits per heavy atom. The van der Waals surface area contributed by atoms with E-state index in [0.29, 0.717) is 11.6 Å². The first kappa shape index (κ1) is 17.5. The molecule has 0 unspecified atom stereocenters. The van der Waals surface area contributed by atoms with Crippen LogP contribution < -0.4 is 9.62 Å². The summed E-state index contributed by atoms with van der Waals surface area (Å²) in [7, 11) is -3.70. The molecule has 0 fully saturated rings. The molecule has 136 valence electrons. The van der Waals surface area contributed by atoms with E-state index in [4.69, 9.17) is 11.6 Å². The molecule has 2 aliphatic heterocycles. The van der Waals surface area contributed by atoms with Crippen LogP contribution in [0.25, 0.3) is 0 Å². The third kappa shape index (κ3) is 2.82. The van der Waals surface area contributed by atoms with Gasteiger partial charge in [-0.1, -0.05) is 29.8 Å². The number of rotatable bonds is 4. The molecule has 0 bridgehead atoms. The molecular formula is C19H19ClN2O3S. The number of amides is 1. The van der Waals surface area contributed by atoms with Crippen LogP contribution >= 0.6 is 11.6 Å². The molecule has 2 heterocycles. The van der Waals surface area contributed by atoms with Crippen LogP contribution in [-0.4, -0.2) is 20.9 Å². The molecule has 1 amide bonds. The number of carbonyl (C=O) groups excluding carboxylic acids is 1. The van der Waals surface area contributed by atoms with Gasteiger partial charge in [0.15, 0.2) is 0 Å². The Kier molecular flexibility index (Phi) is 4.29. The van der Waals surface area contributed by atoms with Crippen molar-refractivity contribution < 1.29 is 13.2 Å². The lowest BCUT2D eigenvalue weighted by Crippen LogP contribution is -2.32. The van der Waals surface area contributed by atoms with Gasteiger partial charge in [0, 0.05) is 18.1 Å². The van der Waals surface area contributed by atoms with Crippen molar-refractivity contribution in [2.75, 3.05) is 11.4 Å². The van der Waals surface area contributed by atoms with Crippen LogP contribution in [0.4, 0.5) is 5.69 Å². The highest BCUT2D eigenvalue weighted by Crippen LogP contribution is 2.43. The molecule has 2 aromatic carbocycles. The summed E-state index contributed by atoms with van der Waals surface area (Å²) in [6, 6.07) is 10.5. The number of sulfonamides is 1. The normalized spacial score (nSPS) is 18.9. The van der Waals surface area contributed by atoms with Crippen molar-refractivity contribution in [2.24, 2.45) is 0 Å². The van der Waals surface area contributed by atoms with Gasteiger partial charge >= 0.3 is 0 Å². The molecule has 2 aromatic rings. The summed E-state index contributed by atoms with van der Waals surface area (Å²) in [5.41, 5.74) is 3.38. The Balaban J connectivity index is 1.68. The van der Waals surface area contributed by atoms with Gasteiger partial charge < -0.3 is 4.90 Å². The third-order valence-corrected chi connectivity index (χ3v) is 6.86. The van der Waals surface area contributed by atoms with E-state index in [9.17, 15) is 13.2 Å². The van der Waals surface area contributed by atoms with Gasteiger partial charge in [-0.2, -0.15) is 0 Å². The Labute approximate surface area is 158 Å². The van der Waals surface area contributed by atoms with E-state index in [1.165, 1.54) is 0 Å². The van der Waals surface area contributed by atoms with Gasteiger partial charge in [0.05, 0.1) is 16.5 Å². The van der Waals surface area contributed by atoms with E-state index in [-0.39, 0.29) is 23.3 Å². The molecule has 1 atom stereocenters. The van der Waals surface area contributed by atoms with E-state index in [1.54, 1.807) is 35.2 Å². The minimum Gasteiger partial charge on any atom is -0.311 e. The SMILES string of the molecule is C[C@H]1C(=O)N2CCCc3cc(S(=O)(=O)NCc4ccccc4Cl)cc1c32. The predicted octanol–water partition coefficient (Wildman–Crippen LogP) is 3.21. The Morgan fingerprint density at radius 3 is 2.81 bits per heavy atom. The average molecular weight is 391 g/mol. The van der Waals surface area contributed by atoms with Crippen molar-refractivity contribution in [1.82, 2.24) is 4.72 Å². The van der Waals surface area contributed by atoms with Crippen molar-refractivity contribution in [3.05, 3.63) is 58.1 Å². The molecule has 0 radical (unpaired) electrons. The first-order chi connectivity index (χ1) is 12.4. The minimum absolute atomic E-state index is 0.0551. The first-order valence-electron chi connectivity index (χ1n) is 8.60. The fourth-order valence-corrected chi connectivity index (χ4v) is 5.01. The Bertz CT molecular complexity index is 1000. The van der Waals surface area contributed by atoms with Crippen molar-refractivity contribution >= 4 is 33.2 Å². The molecule has 2 aliphatic rings. The molecule has 0 saturated carbocycles. The lowest BCUT2D eigenvalue weighted by molar-refractivity contribution is -0.119. The second-order valence-electron chi connectivity index (χ2n) is 6.75. The van der Waals surface area contributed by atoms with E-state index < -0.39 is 10.0 Å². The molecule has 0 saturated heterocycles. The van der Waals surface area contributed by atoms with Crippen molar-refractivity contribution in [3.8, 4) is 0 Å². The van der Waals surface area contributed by atoms with Crippen molar-refractivity contribution in [3.63, 3.8) is 0 Å². The van der Waals surface area contributed by atoms with Crippen LogP contribution in [0.15, 0.2) is 41.3 Å². The van der Waals surface area contributed by atoms with Crippen LogP contribution in [0.2, 0.25) is 5.02 Å². The van der Waals surface area contributed by atoms with Gasteiger partial charge in [-0.25, -0.2) is 13.1 Å². The molecule has 0 aliphatic carbocycles. The maximum Gasteiger partial charge on any atom is 0.240 e. The zero-order valence-electron chi connectivity index (χ0n) is 14.3. The number of carbonyl (C=O) groups is 1. The van der Waals surface area contributed by atoms with Crippen LogP contribution in [0.1, 0.15) is 36.0 Å². The number of nitrogens with one attached hydrogen (secondary N) is 1. The highest BCUT2D eigenvalue weighted by molar-refractivity contribution is 7.89. The summed E-state index contributed by atoms with van der Waals surface area (Å²) in [5, 5.41) is 0.522. The molecule has 0 spiro atoms. The molecule has 0 aromatic heterocycles. The zero-order chi connectivity index (χ0) is 18.5. The Morgan fingerprint density at radius 1 is 1.27 bits per heavy atom. The standard InChI is InChI=1S/C19H19ClN2O3S/c1-12-16-10-15(9-13-6-4-8-22(18(13)16)19(12)23)26(24,25)21-11-14-5-2-3-7-17(14)20/h2-3,5,7,9-10,12,21H,4,6,8,11H2,1H3/t12-/m1/s1. The molecule has 5 nitrogen and oxygen atoms in total. The van der Waals surface area contributed by atoms with Crippen LogP contribution in [0.3, 0.4) is 0 Å². The van der Waals surface area contributed by atoms with E-state index in [1.807, 2.05) is 13.0 Å². The smallest absolute Gasteiger partial charge is 0.240 e.